The van der Waals surface area contributed by atoms with Crippen LogP contribution in [0.1, 0.15) is 19.0 Å². The standard InChI is InChI=1S/C16H18N4O/c1-2-8-19-12-13(6-7-16(19)21)17-10-14-11-18-15-5-3-4-9-20(14)15/h3-7,9,11-12,17H,2,8,10H2,1H3. The minimum absolute atomic E-state index is 0.0391. The summed E-state index contributed by atoms with van der Waals surface area (Å²) in [5, 5.41) is 3.34. The molecule has 3 aromatic heterocycles. The molecular formula is C16H18N4O. The number of aryl methyl sites for hydroxylation is 1. The number of nitrogens with zero attached hydrogens (tertiary/aromatic N) is 3. The van der Waals surface area contributed by atoms with E-state index in [1.54, 1.807) is 10.6 Å². The quantitative estimate of drug-likeness (QED) is 0.782. The number of hydrogen-bond acceptors (Lipinski definition) is 3. The molecule has 0 saturated heterocycles. The highest BCUT2D eigenvalue weighted by molar-refractivity contribution is 5.43. The molecule has 0 saturated carbocycles. The number of hydrogen-bond donors (Lipinski definition) is 1. The Labute approximate surface area is 122 Å². The maximum atomic E-state index is 11.7. The van der Waals surface area contributed by atoms with Gasteiger partial charge in [0.1, 0.15) is 5.65 Å². The Bertz CT molecular complexity index is 803. The average Bonchev–Trinajstić information content (AvgIpc) is 2.92. The third-order valence-corrected chi connectivity index (χ3v) is 3.42. The SMILES string of the molecule is CCCn1cc(NCc2cnc3ccccn23)ccc1=O. The van der Waals surface area contributed by atoms with Crippen molar-refractivity contribution >= 4 is 11.3 Å². The summed E-state index contributed by atoms with van der Waals surface area (Å²) in [6, 6.07) is 9.36. The number of anilines is 1. The van der Waals surface area contributed by atoms with Crippen molar-refractivity contribution in [1.29, 1.82) is 0 Å². The molecular weight excluding hydrogens is 264 g/mol. The van der Waals surface area contributed by atoms with Gasteiger partial charge >= 0.3 is 0 Å². The molecule has 0 spiro atoms. The second-order valence-electron chi connectivity index (χ2n) is 4.98. The van der Waals surface area contributed by atoms with Gasteiger partial charge in [-0.05, 0) is 24.6 Å². The van der Waals surface area contributed by atoms with Crippen molar-refractivity contribution in [2.45, 2.75) is 26.4 Å². The van der Waals surface area contributed by atoms with Crippen LogP contribution in [0.25, 0.3) is 5.65 Å². The number of fused-ring (bicyclic) bond motifs is 1. The lowest BCUT2D eigenvalue weighted by Gasteiger charge is -2.09. The normalized spacial score (nSPS) is 10.9. The Hall–Kier alpha value is -2.56. The van der Waals surface area contributed by atoms with Gasteiger partial charge in [-0.15, -0.1) is 0 Å². The fraction of sp³-hybridized carbons (Fsp3) is 0.250. The summed E-state index contributed by atoms with van der Waals surface area (Å²) in [7, 11) is 0. The van der Waals surface area contributed by atoms with Gasteiger partial charge in [-0.2, -0.15) is 0 Å². The van der Waals surface area contributed by atoms with E-state index in [9.17, 15) is 4.79 Å². The first kappa shape index (κ1) is 13.4. The van der Waals surface area contributed by atoms with Crippen LogP contribution in [0.5, 0.6) is 0 Å². The van der Waals surface area contributed by atoms with Gasteiger partial charge in [-0.25, -0.2) is 4.98 Å². The molecule has 5 nitrogen and oxygen atoms in total. The van der Waals surface area contributed by atoms with Gasteiger partial charge in [-0.1, -0.05) is 13.0 Å². The third-order valence-electron chi connectivity index (χ3n) is 3.42. The van der Waals surface area contributed by atoms with Gasteiger partial charge in [0.25, 0.3) is 5.56 Å². The molecule has 1 N–H and O–H groups in total. The first-order chi connectivity index (χ1) is 10.3. The summed E-state index contributed by atoms with van der Waals surface area (Å²) in [5.74, 6) is 0. The average molecular weight is 282 g/mol. The number of aromatic nitrogens is 3. The Morgan fingerprint density at radius 3 is 3.00 bits per heavy atom. The molecule has 5 heteroatoms. The molecule has 0 aliphatic rings. The van der Waals surface area contributed by atoms with E-state index in [4.69, 9.17) is 0 Å². The largest absolute Gasteiger partial charge is 0.378 e. The maximum absolute atomic E-state index is 11.7. The molecule has 0 fully saturated rings. The lowest BCUT2D eigenvalue weighted by atomic mass is 10.3. The molecule has 3 rings (SSSR count). The number of nitrogens with one attached hydrogen (secondary N) is 1. The van der Waals surface area contributed by atoms with Crippen molar-refractivity contribution in [1.82, 2.24) is 14.0 Å². The number of pyridine rings is 2. The van der Waals surface area contributed by atoms with Crippen LogP contribution in [0.4, 0.5) is 5.69 Å². The smallest absolute Gasteiger partial charge is 0.250 e. The first-order valence-electron chi connectivity index (χ1n) is 7.13. The van der Waals surface area contributed by atoms with Gasteiger partial charge < -0.3 is 14.3 Å². The van der Waals surface area contributed by atoms with Crippen LogP contribution in [0.3, 0.4) is 0 Å². The van der Waals surface area contributed by atoms with E-state index < -0.39 is 0 Å². The van der Waals surface area contributed by atoms with E-state index >= 15 is 0 Å². The minimum Gasteiger partial charge on any atom is -0.378 e. The van der Waals surface area contributed by atoms with Gasteiger partial charge in [-0.3, -0.25) is 4.79 Å². The van der Waals surface area contributed by atoms with Crippen LogP contribution < -0.4 is 10.9 Å². The van der Waals surface area contributed by atoms with Crippen molar-refractivity contribution in [3.63, 3.8) is 0 Å². The lowest BCUT2D eigenvalue weighted by Crippen LogP contribution is -2.18. The maximum Gasteiger partial charge on any atom is 0.250 e. The molecule has 108 valence electrons. The molecule has 0 atom stereocenters. The van der Waals surface area contributed by atoms with E-state index in [0.717, 1.165) is 30.0 Å². The summed E-state index contributed by atoms with van der Waals surface area (Å²) in [6.45, 7) is 3.46. The topological polar surface area (TPSA) is 51.3 Å². The number of rotatable bonds is 5. The zero-order chi connectivity index (χ0) is 14.7. The highest BCUT2D eigenvalue weighted by atomic mass is 16.1. The summed E-state index contributed by atoms with van der Waals surface area (Å²) in [5.41, 5.74) is 3.00. The monoisotopic (exact) mass is 282 g/mol. The van der Waals surface area contributed by atoms with E-state index in [0.29, 0.717) is 6.54 Å². The zero-order valence-corrected chi connectivity index (χ0v) is 12.0. The molecule has 0 aliphatic heterocycles. The van der Waals surface area contributed by atoms with E-state index in [1.165, 1.54) is 0 Å². The zero-order valence-electron chi connectivity index (χ0n) is 12.0. The predicted molar refractivity (Wildman–Crippen MR) is 83.5 cm³/mol. The fourth-order valence-electron chi connectivity index (χ4n) is 2.36. The van der Waals surface area contributed by atoms with Crippen LogP contribution >= 0.6 is 0 Å². The Morgan fingerprint density at radius 1 is 1.24 bits per heavy atom. The summed E-state index contributed by atoms with van der Waals surface area (Å²) in [4.78, 5) is 16.0. The highest BCUT2D eigenvalue weighted by Gasteiger charge is 2.03. The van der Waals surface area contributed by atoms with Gasteiger partial charge in [0.15, 0.2) is 0 Å². The van der Waals surface area contributed by atoms with Crippen LogP contribution in [-0.4, -0.2) is 14.0 Å². The van der Waals surface area contributed by atoms with Gasteiger partial charge in [0, 0.05) is 25.0 Å². The summed E-state index contributed by atoms with van der Waals surface area (Å²) >= 11 is 0. The van der Waals surface area contributed by atoms with Crippen molar-refractivity contribution in [3.8, 4) is 0 Å². The van der Waals surface area contributed by atoms with Crippen LogP contribution in [-0.2, 0) is 13.1 Å². The second-order valence-corrected chi connectivity index (χ2v) is 4.98. The molecule has 0 unspecified atom stereocenters. The molecule has 0 bridgehead atoms. The van der Waals surface area contributed by atoms with Crippen molar-refractivity contribution in [2.75, 3.05) is 5.32 Å². The Kier molecular flexibility index (Phi) is 3.73. The van der Waals surface area contributed by atoms with Crippen molar-refractivity contribution in [3.05, 3.63) is 65.0 Å². The Balaban J connectivity index is 1.78. The molecule has 0 radical (unpaired) electrons. The first-order valence-corrected chi connectivity index (χ1v) is 7.13. The molecule has 0 amide bonds. The molecule has 0 aliphatic carbocycles. The van der Waals surface area contributed by atoms with Crippen LogP contribution in [0.15, 0.2) is 53.7 Å². The predicted octanol–water partition coefficient (Wildman–Crippen LogP) is 2.52. The molecule has 0 aromatic carbocycles. The van der Waals surface area contributed by atoms with Crippen molar-refractivity contribution in [2.24, 2.45) is 0 Å². The summed E-state index contributed by atoms with van der Waals surface area (Å²) < 4.78 is 3.78. The van der Waals surface area contributed by atoms with Crippen LogP contribution in [0.2, 0.25) is 0 Å². The van der Waals surface area contributed by atoms with E-state index in [2.05, 4.69) is 21.6 Å². The molecule has 3 aromatic rings. The lowest BCUT2D eigenvalue weighted by molar-refractivity contribution is 0.655. The Morgan fingerprint density at radius 2 is 2.14 bits per heavy atom. The van der Waals surface area contributed by atoms with Crippen LogP contribution in [0, 0.1) is 0 Å². The van der Waals surface area contributed by atoms with E-state index in [1.807, 2.05) is 42.9 Å². The third kappa shape index (κ3) is 2.81. The molecule has 3 heterocycles. The van der Waals surface area contributed by atoms with E-state index in [-0.39, 0.29) is 5.56 Å². The number of imidazole rings is 1. The second kappa shape index (κ2) is 5.83. The fourth-order valence-corrected chi connectivity index (χ4v) is 2.36. The van der Waals surface area contributed by atoms with Gasteiger partial charge in [0.05, 0.1) is 24.1 Å². The minimum atomic E-state index is 0.0391. The molecule has 21 heavy (non-hydrogen) atoms. The highest BCUT2D eigenvalue weighted by Crippen LogP contribution is 2.10. The summed E-state index contributed by atoms with van der Waals surface area (Å²) in [6.07, 6.45) is 6.67. The van der Waals surface area contributed by atoms with Gasteiger partial charge in [0.2, 0.25) is 0 Å². The van der Waals surface area contributed by atoms with Crippen molar-refractivity contribution < 1.29 is 0 Å².